The molecule has 0 spiro atoms. The van der Waals surface area contributed by atoms with Gasteiger partial charge < -0.3 is 4.74 Å². The molecule has 0 N–H and O–H groups in total. The van der Waals surface area contributed by atoms with Gasteiger partial charge in [-0.25, -0.2) is 4.98 Å². The van der Waals surface area contributed by atoms with E-state index in [1.54, 1.807) is 0 Å². The third-order valence-electron chi connectivity index (χ3n) is 2.74. The second-order valence-electron chi connectivity index (χ2n) is 4.06. The fourth-order valence-electron chi connectivity index (χ4n) is 1.71. The highest BCUT2D eigenvalue weighted by Gasteiger charge is 2.30. The number of ether oxygens (including phenoxy) is 1. The van der Waals surface area contributed by atoms with E-state index in [9.17, 15) is 23.3 Å². The van der Waals surface area contributed by atoms with Crippen LogP contribution in [0.4, 0.5) is 18.9 Å². The number of nitrogens with zero attached hydrogens (tertiary/aromatic N) is 2. The molecular formula is C13H9F3N2O3. The molecule has 5 nitrogen and oxygen atoms in total. The molecule has 0 aliphatic rings. The molecule has 0 unspecified atom stereocenters. The average molecular weight is 298 g/mol. The third kappa shape index (κ3) is 3.10. The topological polar surface area (TPSA) is 65.3 Å². The van der Waals surface area contributed by atoms with Crippen molar-refractivity contribution in [2.45, 2.75) is 6.18 Å². The number of pyridine rings is 1. The maximum absolute atomic E-state index is 12.5. The summed E-state index contributed by atoms with van der Waals surface area (Å²) >= 11 is 0. The quantitative estimate of drug-likeness (QED) is 0.640. The lowest BCUT2D eigenvalue weighted by molar-refractivity contribution is -0.386. The molecule has 110 valence electrons. The molecule has 21 heavy (non-hydrogen) atoms. The second kappa shape index (κ2) is 5.39. The number of methoxy groups -OCH3 is 1. The van der Waals surface area contributed by atoms with Crippen molar-refractivity contribution in [3.05, 3.63) is 52.1 Å². The lowest BCUT2D eigenvalue weighted by Crippen LogP contribution is -2.04. The number of hydrogen-bond acceptors (Lipinski definition) is 4. The van der Waals surface area contributed by atoms with Crippen molar-refractivity contribution >= 4 is 5.69 Å². The zero-order valence-electron chi connectivity index (χ0n) is 10.7. The highest BCUT2D eigenvalue weighted by molar-refractivity contribution is 5.62. The average Bonchev–Trinajstić information content (AvgIpc) is 2.45. The fraction of sp³-hybridized carbons (Fsp3) is 0.154. The van der Waals surface area contributed by atoms with Gasteiger partial charge in [-0.15, -0.1) is 0 Å². The Hall–Kier alpha value is -2.64. The summed E-state index contributed by atoms with van der Waals surface area (Å²) < 4.78 is 42.2. The van der Waals surface area contributed by atoms with Gasteiger partial charge in [-0.2, -0.15) is 13.2 Å². The molecule has 0 saturated carbocycles. The van der Waals surface area contributed by atoms with E-state index >= 15 is 0 Å². The zero-order chi connectivity index (χ0) is 15.6. The van der Waals surface area contributed by atoms with Gasteiger partial charge in [0.1, 0.15) is 0 Å². The van der Waals surface area contributed by atoms with Crippen LogP contribution in [0.1, 0.15) is 5.56 Å². The molecule has 1 heterocycles. The molecule has 0 atom stereocenters. The van der Waals surface area contributed by atoms with Gasteiger partial charge in [-0.05, 0) is 18.2 Å². The summed E-state index contributed by atoms with van der Waals surface area (Å²) in [6.07, 6.45) is -4.42. The van der Waals surface area contributed by atoms with Gasteiger partial charge in [-0.1, -0.05) is 12.1 Å². The molecule has 0 aliphatic heterocycles. The van der Waals surface area contributed by atoms with Crippen LogP contribution in [-0.2, 0) is 6.18 Å². The summed E-state index contributed by atoms with van der Waals surface area (Å²) in [6.45, 7) is 0. The number of aromatic nitrogens is 1. The van der Waals surface area contributed by atoms with E-state index in [0.717, 1.165) is 12.1 Å². The predicted octanol–water partition coefficient (Wildman–Crippen LogP) is 3.68. The summed E-state index contributed by atoms with van der Waals surface area (Å²) in [5.74, 6) is -0.197. The molecule has 0 radical (unpaired) electrons. The van der Waals surface area contributed by atoms with Gasteiger partial charge in [0, 0.05) is 11.6 Å². The van der Waals surface area contributed by atoms with E-state index in [1.165, 1.54) is 31.4 Å². The first-order chi connectivity index (χ1) is 9.82. The summed E-state index contributed by atoms with van der Waals surface area (Å²) in [5.41, 5.74) is -0.407. The van der Waals surface area contributed by atoms with Gasteiger partial charge >= 0.3 is 11.9 Å². The Morgan fingerprint density at radius 2 is 1.76 bits per heavy atom. The normalized spacial score (nSPS) is 11.2. The molecule has 0 amide bonds. The molecule has 2 rings (SSSR count). The van der Waals surface area contributed by atoms with Crippen molar-refractivity contribution in [1.29, 1.82) is 0 Å². The monoisotopic (exact) mass is 298 g/mol. The van der Waals surface area contributed by atoms with Crippen LogP contribution >= 0.6 is 0 Å². The SMILES string of the molecule is COc1nc(-c2ccc(C(F)(F)F)cc2)ccc1[N+](=O)[O-]. The van der Waals surface area contributed by atoms with Crippen molar-refractivity contribution < 1.29 is 22.8 Å². The van der Waals surface area contributed by atoms with Crippen LogP contribution in [0, 0.1) is 10.1 Å². The Labute approximate surface area is 117 Å². The van der Waals surface area contributed by atoms with E-state index in [1.807, 2.05) is 0 Å². The predicted molar refractivity (Wildman–Crippen MR) is 67.9 cm³/mol. The van der Waals surface area contributed by atoms with Crippen LogP contribution < -0.4 is 4.74 Å². The number of benzene rings is 1. The van der Waals surface area contributed by atoms with Crippen molar-refractivity contribution in [1.82, 2.24) is 4.98 Å². The second-order valence-corrected chi connectivity index (χ2v) is 4.06. The first-order valence-electron chi connectivity index (χ1n) is 5.70. The number of nitro groups is 1. The Balaban J connectivity index is 2.41. The lowest BCUT2D eigenvalue weighted by Gasteiger charge is -2.08. The van der Waals surface area contributed by atoms with Gasteiger partial charge in [0.25, 0.3) is 5.88 Å². The minimum Gasteiger partial charge on any atom is -0.476 e. The van der Waals surface area contributed by atoms with E-state index in [4.69, 9.17) is 4.74 Å². The minimum absolute atomic E-state index is 0.197. The van der Waals surface area contributed by atoms with Crippen LogP contribution in [0.2, 0.25) is 0 Å². The van der Waals surface area contributed by atoms with E-state index < -0.39 is 16.7 Å². The molecule has 0 bridgehead atoms. The van der Waals surface area contributed by atoms with Gasteiger partial charge in [-0.3, -0.25) is 10.1 Å². The van der Waals surface area contributed by atoms with Crippen LogP contribution in [-0.4, -0.2) is 17.0 Å². The molecule has 1 aromatic heterocycles. The summed E-state index contributed by atoms with van der Waals surface area (Å²) in [5, 5.41) is 10.7. The molecular weight excluding hydrogens is 289 g/mol. The largest absolute Gasteiger partial charge is 0.476 e. The summed E-state index contributed by atoms with van der Waals surface area (Å²) in [7, 11) is 1.23. The Morgan fingerprint density at radius 1 is 1.14 bits per heavy atom. The van der Waals surface area contributed by atoms with Crippen molar-refractivity contribution in [2.75, 3.05) is 7.11 Å². The molecule has 8 heteroatoms. The Kier molecular flexibility index (Phi) is 3.79. The first kappa shape index (κ1) is 14.8. The van der Waals surface area contributed by atoms with Gasteiger partial charge in [0.05, 0.1) is 23.3 Å². The summed E-state index contributed by atoms with van der Waals surface area (Å²) in [4.78, 5) is 14.0. The molecule has 1 aromatic carbocycles. The Morgan fingerprint density at radius 3 is 2.24 bits per heavy atom. The summed E-state index contributed by atoms with van der Waals surface area (Å²) in [6, 6.07) is 6.88. The number of alkyl halides is 3. The van der Waals surface area contributed by atoms with E-state index in [-0.39, 0.29) is 17.3 Å². The number of halogens is 3. The van der Waals surface area contributed by atoms with E-state index in [2.05, 4.69) is 4.98 Å². The molecule has 0 aliphatic carbocycles. The number of hydrogen-bond donors (Lipinski definition) is 0. The van der Waals surface area contributed by atoms with Crippen molar-refractivity contribution in [3.8, 4) is 17.1 Å². The lowest BCUT2D eigenvalue weighted by atomic mass is 10.1. The first-order valence-corrected chi connectivity index (χ1v) is 5.70. The molecule has 0 fully saturated rings. The highest BCUT2D eigenvalue weighted by Crippen LogP contribution is 2.32. The standard InChI is InChI=1S/C13H9F3N2O3/c1-21-12-11(18(19)20)7-6-10(17-12)8-2-4-9(5-3-8)13(14,15)16/h2-7H,1H3. The maximum atomic E-state index is 12.5. The minimum atomic E-state index is -4.42. The molecule has 2 aromatic rings. The van der Waals surface area contributed by atoms with Crippen LogP contribution in [0.15, 0.2) is 36.4 Å². The zero-order valence-corrected chi connectivity index (χ0v) is 10.7. The number of rotatable bonds is 3. The van der Waals surface area contributed by atoms with Crippen LogP contribution in [0.3, 0.4) is 0 Å². The van der Waals surface area contributed by atoms with Crippen LogP contribution in [0.5, 0.6) is 5.88 Å². The highest BCUT2D eigenvalue weighted by atomic mass is 19.4. The maximum Gasteiger partial charge on any atom is 0.416 e. The van der Waals surface area contributed by atoms with Gasteiger partial charge in [0.15, 0.2) is 0 Å². The molecule has 0 saturated heterocycles. The van der Waals surface area contributed by atoms with Gasteiger partial charge in [0.2, 0.25) is 0 Å². The fourth-order valence-corrected chi connectivity index (χ4v) is 1.71. The van der Waals surface area contributed by atoms with Crippen LogP contribution in [0.25, 0.3) is 11.3 Å². The van der Waals surface area contributed by atoms with Crippen molar-refractivity contribution in [3.63, 3.8) is 0 Å². The van der Waals surface area contributed by atoms with Crippen molar-refractivity contribution in [2.24, 2.45) is 0 Å². The Bertz CT molecular complexity index is 669. The van der Waals surface area contributed by atoms with E-state index in [0.29, 0.717) is 5.56 Å². The smallest absolute Gasteiger partial charge is 0.416 e. The third-order valence-corrected chi connectivity index (χ3v) is 2.74.